The summed E-state index contributed by atoms with van der Waals surface area (Å²) in [7, 11) is -3.77. The maximum atomic E-state index is 16.1. The molecule has 3 aliphatic rings. The van der Waals surface area contributed by atoms with E-state index in [1.807, 2.05) is 60.7 Å². The Kier molecular flexibility index (Phi) is 8.36. The third-order valence-corrected chi connectivity index (χ3v) is 7.37. The summed E-state index contributed by atoms with van der Waals surface area (Å²) in [5.41, 5.74) is 1.89. The van der Waals surface area contributed by atoms with E-state index in [-0.39, 0.29) is 38.1 Å². The molecule has 1 fully saturated rings. The minimum atomic E-state index is -3.77. The molecular weight excluding hydrogens is 527 g/mol. The molecule has 0 aromatic heterocycles. The normalized spacial score (nSPS) is 26.6. The Bertz CT molecular complexity index is 1340. The molecule has 2 aromatic carbocycles. The van der Waals surface area contributed by atoms with E-state index in [0.29, 0.717) is 6.61 Å². The molecule has 3 aliphatic heterocycles. The van der Waals surface area contributed by atoms with Crippen molar-refractivity contribution in [1.29, 1.82) is 0 Å². The van der Waals surface area contributed by atoms with Crippen molar-refractivity contribution >= 4 is 26.7 Å². The lowest BCUT2D eigenvalue weighted by atomic mass is 10.0. The lowest BCUT2D eigenvalue weighted by molar-refractivity contribution is -0.0785. The van der Waals surface area contributed by atoms with E-state index in [9.17, 15) is 8.42 Å². The monoisotopic (exact) mass is 558 g/mol. The van der Waals surface area contributed by atoms with Crippen molar-refractivity contribution in [2.24, 2.45) is 15.1 Å². The maximum absolute atomic E-state index is 16.1. The van der Waals surface area contributed by atoms with Crippen molar-refractivity contribution in [2.75, 3.05) is 26.0 Å². The molecule has 0 bridgehead atoms. The van der Waals surface area contributed by atoms with Crippen molar-refractivity contribution in [3.05, 3.63) is 71.8 Å². The first kappa shape index (κ1) is 27.4. The molecule has 39 heavy (non-hydrogen) atoms. The fourth-order valence-electron chi connectivity index (χ4n) is 4.68. The zero-order valence-corrected chi connectivity index (χ0v) is 22.5. The van der Waals surface area contributed by atoms with E-state index in [1.54, 1.807) is 6.92 Å². The van der Waals surface area contributed by atoms with Crippen LogP contribution in [0.1, 0.15) is 18.1 Å². The smallest absolute Gasteiger partial charge is 0.268 e. The van der Waals surface area contributed by atoms with Crippen LogP contribution < -0.4 is 0 Å². The minimum Gasteiger partial charge on any atom is -0.475 e. The van der Waals surface area contributed by atoms with Crippen LogP contribution in [0.5, 0.6) is 0 Å². The third kappa shape index (κ3) is 6.19. The van der Waals surface area contributed by atoms with Gasteiger partial charge in [-0.05, 0) is 18.1 Å². The van der Waals surface area contributed by atoms with Gasteiger partial charge < -0.3 is 18.9 Å². The Balaban J connectivity index is 1.35. The molecule has 2 aromatic rings. The number of nitrogens with zero attached hydrogens (tertiary/aromatic N) is 4. The highest BCUT2D eigenvalue weighted by atomic mass is 32.2. The molecule has 3 heterocycles. The van der Waals surface area contributed by atoms with Gasteiger partial charge in [0.25, 0.3) is 11.1 Å². The van der Waals surface area contributed by atoms with Crippen LogP contribution in [0.15, 0.2) is 75.7 Å². The van der Waals surface area contributed by atoms with E-state index in [1.165, 1.54) is 5.01 Å². The number of hydrogen-bond acceptors (Lipinski definition) is 10. The Labute approximate surface area is 227 Å². The van der Waals surface area contributed by atoms with Gasteiger partial charge in [0.15, 0.2) is 6.17 Å². The zero-order chi connectivity index (χ0) is 27.4. The third-order valence-electron chi connectivity index (χ3n) is 6.54. The summed E-state index contributed by atoms with van der Waals surface area (Å²) in [6, 6.07) is 18.4. The number of hydrazone groups is 1. The standard InChI is InChI=1S/C27H31FN4O6S/c1-3-36-26-25-29-14-20(32(25)31-27(30-26)39(2,33)34)23-22(28)24(37-16-19-12-8-5-9-13-19)21(38-23)17-35-15-18-10-6-4-7-11-18/h4-13,20-24H,3,14-17H2,1-2H3/t20?,21-,22+,23+,24-/m1/s1. The zero-order valence-electron chi connectivity index (χ0n) is 21.7. The molecule has 0 saturated carbocycles. The summed E-state index contributed by atoms with van der Waals surface area (Å²) >= 11 is 0. The van der Waals surface area contributed by atoms with Gasteiger partial charge in [0.1, 0.15) is 24.4 Å². The summed E-state index contributed by atoms with van der Waals surface area (Å²) in [5.74, 6) is 0.277. The Hall–Kier alpha value is -3.19. The predicted octanol–water partition coefficient (Wildman–Crippen LogP) is 2.74. The number of aliphatic imine (C=N–C) groups is 2. The number of alkyl halides is 1. The second-order valence-electron chi connectivity index (χ2n) is 9.43. The number of benzene rings is 2. The molecule has 208 valence electrons. The Morgan fingerprint density at radius 3 is 2.36 bits per heavy atom. The van der Waals surface area contributed by atoms with E-state index in [4.69, 9.17) is 18.9 Å². The van der Waals surface area contributed by atoms with Crippen LogP contribution in [0.3, 0.4) is 0 Å². The molecule has 12 heteroatoms. The first-order valence-electron chi connectivity index (χ1n) is 12.8. The molecule has 0 N–H and O–H groups in total. The molecule has 0 spiro atoms. The molecule has 1 unspecified atom stereocenters. The molecule has 10 nitrogen and oxygen atoms in total. The molecule has 0 amide bonds. The van der Waals surface area contributed by atoms with Gasteiger partial charge in [-0.25, -0.2) is 17.8 Å². The van der Waals surface area contributed by atoms with Crippen molar-refractivity contribution < 1.29 is 31.8 Å². The highest BCUT2D eigenvalue weighted by molar-refractivity contribution is 8.05. The molecule has 1 saturated heterocycles. The van der Waals surface area contributed by atoms with Gasteiger partial charge in [0.05, 0.1) is 33.0 Å². The fraction of sp³-hybridized carbons (Fsp3) is 0.444. The number of sulfone groups is 1. The van der Waals surface area contributed by atoms with Gasteiger partial charge in [0.2, 0.25) is 15.7 Å². The predicted molar refractivity (Wildman–Crippen MR) is 144 cm³/mol. The first-order valence-corrected chi connectivity index (χ1v) is 14.6. The average molecular weight is 559 g/mol. The van der Waals surface area contributed by atoms with Crippen molar-refractivity contribution in [2.45, 2.75) is 50.7 Å². The maximum Gasteiger partial charge on any atom is 0.268 e. The molecule has 0 radical (unpaired) electrons. The molecular formula is C27H31FN4O6S. The van der Waals surface area contributed by atoms with Crippen LogP contribution in [0.25, 0.3) is 0 Å². The highest BCUT2D eigenvalue weighted by Gasteiger charge is 2.53. The van der Waals surface area contributed by atoms with Crippen molar-refractivity contribution in [3.63, 3.8) is 0 Å². The first-order chi connectivity index (χ1) is 18.8. The second kappa shape index (κ2) is 11.9. The number of rotatable bonds is 9. The number of hydrogen-bond donors (Lipinski definition) is 0. The second-order valence-corrected chi connectivity index (χ2v) is 11.3. The quantitative estimate of drug-likeness (QED) is 0.465. The van der Waals surface area contributed by atoms with Crippen LogP contribution in [0, 0.1) is 0 Å². The van der Waals surface area contributed by atoms with Crippen LogP contribution in [-0.2, 0) is 42.0 Å². The van der Waals surface area contributed by atoms with Crippen LogP contribution >= 0.6 is 0 Å². The Morgan fingerprint density at radius 2 is 1.72 bits per heavy atom. The highest BCUT2D eigenvalue weighted by Crippen LogP contribution is 2.34. The summed E-state index contributed by atoms with van der Waals surface area (Å²) in [4.78, 5) is 8.48. The largest absolute Gasteiger partial charge is 0.475 e. The number of amidine groups is 2. The summed E-state index contributed by atoms with van der Waals surface area (Å²) in [5, 5.41) is 5.13. The van der Waals surface area contributed by atoms with Crippen LogP contribution in [0.4, 0.5) is 4.39 Å². The van der Waals surface area contributed by atoms with E-state index >= 15 is 4.39 Å². The van der Waals surface area contributed by atoms with Crippen LogP contribution in [-0.4, -0.2) is 86.9 Å². The average Bonchev–Trinajstić information content (AvgIpc) is 3.49. The lowest BCUT2D eigenvalue weighted by Crippen LogP contribution is -2.49. The van der Waals surface area contributed by atoms with E-state index < -0.39 is 45.5 Å². The van der Waals surface area contributed by atoms with Gasteiger partial charge in [-0.3, -0.25) is 4.99 Å². The van der Waals surface area contributed by atoms with E-state index in [0.717, 1.165) is 17.4 Å². The number of ether oxygens (including phenoxy) is 4. The Morgan fingerprint density at radius 1 is 1.05 bits per heavy atom. The number of halogens is 1. The molecule has 5 rings (SSSR count). The summed E-state index contributed by atoms with van der Waals surface area (Å²) in [6.07, 6.45) is -3.18. The number of fused-ring (bicyclic) bond motifs is 1. The van der Waals surface area contributed by atoms with E-state index in [2.05, 4.69) is 15.1 Å². The lowest BCUT2D eigenvalue weighted by Gasteiger charge is -2.30. The summed E-state index contributed by atoms with van der Waals surface area (Å²) < 4.78 is 64.4. The van der Waals surface area contributed by atoms with Crippen molar-refractivity contribution in [3.8, 4) is 0 Å². The van der Waals surface area contributed by atoms with Crippen molar-refractivity contribution in [1.82, 2.24) is 5.01 Å². The molecule has 5 atom stereocenters. The van der Waals surface area contributed by atoms with Gasteiger partial charge in [0, 0.05) is 6.26 Å². The fourth-order valence-corrected chi connectivity index (χ4v) is 5.16. The summed E-state index contributed by atoms with van der Waals surface area (Å²) in [6.45, 7) is 2.76. The SMILES string of the molecule is CCOC1=NC(S(C)(=O)=O)=NN2C1=NCC2[C@@H]1O[C@H](COCc2ccccc2)[C@@H](OCc2ccccc2)[C@H]1F. The van der Waals surface area contributed by atoms with Gasteiger partial charge in [-0.1, -0.05) is 60.7 Å². The van der Waals surface area contributed by atoms with Crippen LogP contribution in [0.2, 0.25) is 0 Å². The van der Waals surface area contributed by atoms with Gasteiger partial charge >= 0.3 is 0 Å². The van der Waals surface area contributed by atoms with Gasteiger partial charge in [-0.2, -0.15) is 4.99 Å². The van der Waals surface area contributed by atoms with Gasteiger partial charge in [-0.15, -0.1) is 5.10 Å². The minimum absolute atomic E-state index is 0.0310. The topological polar surface area (TPSA) is 111 Å². The molecule has 0 aliphatic carbocycles.